The van der Waals surface area contributed by atoms with Gasteiger partial charge in [-0.3, -0.25) is 0 Å². The van der Waals surface area contributed by atoms with Crippen molar-refractivity contribution in [3.8, 4) is 23.0 Å². The second-order valence-electron chi connectivity index (χ2n) is 5.41. The van der Waals surface area contributed by atoms with Gasteiger partial charge < -0.3 is 28.4 Å². The van der Waals surface area contributed by atoms with E-state index in [9.17, 15) is 9.59 Å². The topological polar surface area (TPSA) is 89.5 Å². The Hall–Kier alpha value is -3.42. The van der Waals surface area contributed by atoms with Crippen molar-refractivity contribution >= 4 is 11.9 Å². The highest BCUT2D eigenvalue weighted by atomic mass is 16.6. The maximum Gasteiger partial charge on any atom is 0.338 e. The van der Waals surface area contributed by atoms with Gasteiger partial charge in [-0.05, 0) is 36.4 Å². The monoisotopic (exact) mass is 390 g/mol. The van der Waals surface area contributed by atoms with Gasteiger partial charge in [0.2, 0.25) is 0 Å². The number of hydrogen-bond acceptors (Lipinski definition) is 8. The molecule has 0 saturated heterocycles. The first-order chi connectivity index (χ1) is 13.5. The molecule has 0 aliphatic rings. The van der Waals surface area contributed by atoms with Crippen LogP contribution in [0, 0.1) is 0 Å². The molecule has 8 nitrogen and oxygen atoms in total. The molecule has 150 valence electrons. The fourth-order valence-corrected chi connectivity index (χ4v) is 2.36. The molecule has 2 aromatic carbocycles. The van der Waals surface area contributed by atoms with Crippen LogP contribution in [0.5, 0.6) is 23.0 Å². The Bertz CT molecular complexity index is 761. The normalized spacial score (nSPS) is 10.0. The third-order valence-electron chi connectivity index (χ3n) is 3.79. The maximum absolute atomic E-state index is 12.1. The average Bonchev–Trinajstić information content (AvgIpc) is 2.75. The summed E-state index contributed by atoms with van der Waals surface area (Å²) in [5.41, 5.74) is 0.590. The van der Waals surface area contributed by atoms with E-state index in [1.54, 1.807) is 24.3 Å². The highest BCUT2D eigenvalue weighted by Crippen LogP contribution is 2.28. The Morgan fingerprint density at radius 3 is 1.29 bits per heavy atom. The van der Waals surface area contributed by atoms with Crippen molar-refractivity contribution in [3.05, 3.63) is 47.5 Å². The van der Waals surface area contributed by atoms with Crippen LogP contribution in [-0.4, -0.2) is 53.6 Å². The van der Waals surface area contributed by atoms with Crippen molar-refractivity contribution in [2.45, 2.75) is 0 Å². The number of rotatable bonds is 9. The first-order valence-corrected chi connectivity index (χ1v) is 8.32. The molecule has 0 spiro atoms. The second kappa shape index (κ2) is 10.1. The van der Waals surface area contributed by atoms with Crippen LogP contribution in [0.3, 0.4) is 0 Å². The molecule has 0 aromatic heterocycles. The minimum absolute atomic E-state index is 0.0911. The van der Waals surface area contributed by atoms with E-state index < -0.39 is 11.9 Å². The van der Waals surface area contributed by atoms with Crippen LogP contribution in [0.1, 0.15) is 20.7 Å². The van der Waals surface area contributed by atoms with Gasteiger partial charge in [0.1, 0.15) is 13.2 Å². The van der Waals surface area contributed by atoms with Crippen molar-refractivity contribution in [2.75, 3.05) is 41.7 Å². The molecule has 0 amide bonds. The van der Waals surface area contributed by atoms with Crippen LogP contribution in [0.2, 0.25) is 0 Å². The molecular formula is C20H22O8. The Morgan fingerprint density at radius 1 is 0.607 bits per heavy atom. The second-order valence-corrected chi connectivity index (χ2v) is 5.41. The Kier molecular flexibility index (Phi) is 7.50. The summed E-state index contributed by atoms with van der Waals surface area (Å²) >= 11 is 0. The van der Waals surface area contributed by atoms with Gasteiger partial charge in [-0.15, -0.1) is 0 Å². The van der Waals surface area contributed by atoms with Crippen LogP contribution in [0.25, 0.3) is 0 Å². The number of carbonyl (C=O) groups excluding carboxylic acids is 2. The summed E-state index contributed by atoms with van der Waals surface area (Å²) in [5.74, 6) is 0.700. The van der Waals surface area contributed by atoms with E-state index in [0.717, 1.165) is 0 Å². The van der Waals surface area contributed by atoms with Crippen LogP contribution in [-0.2, 0) is 9.47 Å². The van der Waals surface area contributed by atoms with Gasteiger partial charge in [-0.2, -0.15) is 0 Å². The van der Waals surface area contributed by atoms with Crippen molar-refractivity contribution in [3.63, 3.8) is 0 Å². The summed E-state index contributed by atoms with van der Waals surface area (Å²) in [6, 6.07) is 9.34. The molecule has 2 aromatic rings. The Morgan fingerprint density at radius 2 is 0.964 bits per heavy atom. The highest BCUT2D eigenvalue weighted by molar-refractivity contribution is 5.91. The molecule has 0 N–H and O–H groups in total. The number of benzene rings is 2. The average molecular weight is 390 g/mol. The molecule has 0 aliphatic carbocycles. The first kappa shape index (κ1) is 20.9. The quantitative estimate of drug-likeness (QED) is 0.477. The molecule has 0 heterocycles. The highest BCUT2D eigenvalue weighted by Gasteiger charge is 2.14. The summed E-state index contributed by atoms with van der Waals surface area (Å²) in [7, 11) is 5.95. The third-order valence-corrected chi connectivity index (χ3v) is 3.79. The smallest absolute Gasteiger partial charge is 0.338 e. The SMILES string of the molecule is COc1ccc(C(=O)OCCOC(=O)c2ccc(OC)c(OC)c2)cc1OC. The molecular weight excluding hydrogens is 368 g/mol. The summed E-state index contributed by atoms with van der Waals surface area (Å²) in [4.78, 5) is 24.2. The number of carbonyl (C=O) groups is 2. The van der Waals surface area contributed by atoms with Gasteiger partial charge in [0.25, 0.3) is 0 Å². The van der Waals surface area contributed by atoms with Gasteiger partial charge in [0.05, 0.1) is 39.6 Å². The molecule has 0 bridgehead atoms. The summed E-state index contributed by atoms with van der Waals surface area (Å²) in [5, 5.41) is 0. The zero-order chi connectivity index (χ0) is 20.5. The van der Waals surface area contributed by atoms with E-state index in [-0.39, 0.29) is 13.2 Å². The zero-order valence-corrected chi connectivity index (χ0v) is 16.1. The first-order valence-electron chi connectivity index (χ1n) is 8.32. The number of esters is 2. The molecule has 0 unspecified atom stereocenters. The van der Waals surface area contributed by atoms with Gasteiger partial charge in [0, 0.05) is 0 Å². The minimum atomic E-state index is -0.567. The zero-order valence-electron chi connectivity index (χ0n) is 16.1. The van der Waals surface area contributed by atoms with Gasteiger partial charge in [-0.1, -0.05) is 0 Å². The molecule has 8 heteroatoms. The summed E-state index contributed by atoms with van der Waals surface area (Å²) in [6.07, 6.45) is 0. The number of methoxy groups -OCH3 is 4. The lowest BCUT2D eigenvalue weighted by atomic mass is 10.2. The predicted molar refractivity (Wildman–Crippen MR) is 99.7 cm³/mol. The van der Waals surface area contributed by atoms with Gasteiger partial charge >= 0.3 is 11.9 Å². The largest absolute Gasteiger partial charge is 0.493 e. The molecule has 0 atom stereocenters. The van der Waals surface area contributed by atoms with Crippen LogP contribution < -0.4 is 18.9 Å². The fourth-order valence-electron chi connectivity index (χ4n) is 2.36. The Labute approximate surface area is 162 Å². The van der Waals surface area contributed by atoms with E-state index in [0.29, 0.717) is 34.1 Å². The molecule has 28 heavy (non-hydrogen) atoms. The van der Waals surface area contributed by atoms with Gasteiger partial charge in [0.15, 0.2) is 23.0 Å². The van der Waals surface area contributed by atoms with Crippen molar-refractivity contribution < 1.29 is 38.0 Å². The standard InChI is InChI=1S/C20H22O8/c1-23-15-7-5-13(11-17(15)25-3)19(21)27-9-10-28-20(22)14-6-8-16(24-2)18(12-14)26-4/h5-8,11-12H,9-10H2,1-4H3. The molecule has 0 radical (unpaired) electrons. The van der Waals surface area contributed by atoms with Crippen molar-refractivity contribution in [2.24, 2.45) is 0 Å². The van der Waals surface area contributed by atoms with Crippen LogP contribution in [0.15, 0.2) is 36.4 Å². The molecule has 2 rings (SSSR count). The van der Waals surface area contributed by atoms with E-state index in [1.165, 1.54) is 40.6 Å². The van der Waals surface area contributed by atoms with Gasteiger partial charge in [-0.25, -0.2) is 9.59 Å². The molecule has 0 aliphatic heterocycles. The van der Waals surface area contributed by atoms with Crippen molar-refractivity contribution in [1.29, 1.82) is 0 Å². The summed E-state index contributed by atoms with van der Waals surface area (Å²) in [6.45, 7) is -0.182. The summed E-state index contributed by atoms with van der Waals surface area (Å²) < 4.78 is 30.8. The van der Waals surface area contributed by atoms with Crippen LogP contribution in [0.4, 0.5) is 0 Å². The number of ether oxygens (including phenoxy) is 6. The number of hydrogen-bond donors (Lipinski definition) is 0. The van der Waals surface area contributed by atoms with E-state index in [2.05, 4.69) is 0 Å². The maximum atomic E-state index is 12.1. The molecule has 0 saturated carbocycles. The lowest BCUT2D eigenvalue weighted by Crippen LogP contribution is -2.14. The molecule has 0 fully saturated rings. The van der Waals surface area contributed by atoms with E-state index in [4.69, 9.17) is 28.4 Å². The third kappa shape index (κ3) is 5.06. The predicted octanol–water partition coefficient (Wildman–Crippen LogP) is 2.73. The van der Waals surface area contributed by atoms with Crippen molar-refractivity contribution in [1.82, 2.24) is 0 Å². The Balaban J connectivity index is 1.87. The van der Waals surface area contributed by atoms with E-state index in [1.807, 2.05) is 0 Å². The fraction of sp³-hybridized carbons (Fsp3) is 0.300. The minimum Gasteiger partial charge on any atom is -0.493 e. The lowest BCUT2D eigenvalue weighted by Gasteiger charge is -2.11. The van der Waals surface area contributed by atoms with Crippen LogP contribution >= 0.6 is 0 Å². The lowest BCUT2D eigenvalue weighted by molar-refractivity contribution is 0.0265. The van der Waals surface area contributed by atoms with E-state index >= 15 is 0 Å².